The molecule has 0 amide bonds. The molecule has 1 aliphatic rings. The Morgan fingerprint density at radius 3 is 2.59 bits per heavy atom. The average molecular weight is 342 g/mol. The lowest BCUT2D eigenvalue weighted by Gasteiger charge is -2.30. The molecule has 1 aromatic carbocycles. The lowest BCUT2D eigenvalue weighted by molar-refractivity contribution is 0.278. The number of fused-ring (bicyclic) bond motifs is 1. The fourth-order valence-corrected chi connectivity index (χ4v) is 4.50. The summed E-state index contributed by atoms with van der Waals surface area (Å²) < 4.78 is 27.3. The number of benzene rings is 1. The Labute approximate surface area is 137 Å². The number of hydrogen-bond acceptors (Lipinski definition) is 4. The maximum Gasteiger partial charge on any atom is 0.243 e. The second-order valence-electron chi connectivity index (χ2n) is 5.41. The molecule has 0 atom stereocenters. The van der Waals surface area contributed by atoms with E-state index in [1.807, 2.05) is 12.1 Å². The average Bonchev–Trinajstić information content (AvgIpc) is 2.54. The molecular formula is C15H20ClN3O2S. The summed E-state index contributed by atoms with van der Waals surface area (Å²) in [5.41, 5.74) is 6.37. The van der Waals surface area contributed by atoms with Crippen molar-refractivity contribution in [1.29, 1.82) is 0 Å². The second-order valence-corrected chi connectivity index (χ2v) is 7.32. The monoisotopic (exact) mass is 341 g/mol. The second kappa shape index (κ2) is 6.91. The van der Waals surface area contributed by atoms with Crippen LogP contribution in [0.5, 0.6) is 0 Å². The lowest BCUT2D eigenvalue weighted by Crippen LogP contribution is -2.40. The van der Waals surface area contributed by atoms with Gasteiger partial charge in [-0.1, -0.05) is 6.07 Å². The van der Waals surface area contributed by atoms with E-state index >= 15 is 0 Å². The van der Waals surface area contributed by atoms with Crippen LogP contribution in [0.4, 0.5) is 0 Å². The normalized spacial score (nSPS) is 17.3. The van der Waals surface area contributed by atoms with E-state index in [1.165, 1.54) is 0 Å². The van der Waals surface area contributed by atoms with Gasteiger partial charge in [-0.05, 0) is 49.6 Å². The number of rotatable bonds is 3. The quantitative estimate of drug-likeness (QED) is 0.926. The van der Waals surface area contributed by atoms with Gasteiger partial charge in [-0.25, -0.2) is 8.42 Å². The number of halogens is 1. The van der Waals surface area contributed by atoms with Crippen molar-refractivity contribution in [1.82, 2.24) is 9.29 Å². The summed E-state index contributed by atoms with van der Waals surface area (Å²) >= 11 is 0. The number of nitrogens with zero attached hydrogens (tertiary/aromatic N) is 2. The molecule has 2 N–H and O–H groups in total. The zero-order valence-corrected chi connectivity index (χ0v) is 13.8. The van der Waals surface area contributed by atoms with Crippen LogP contribution in [0, 0.1) is 5.92 Å². The van der Waals surface area contributed by atoms with E-state index in [0.29, 0.717) is 41.4 Å². The number of hydrogen-bond donors (Lipinski definition) is 1. The van der Waals surface area contributed by atoms with Crippen LogP contribution in [0.25, 0.3) is 10.9 Å². The van der Waals surface area contributed by atoms with Crippen molar-refractivity contribution in [2.45, 2.75) is 17.7 Å². The number of aromatic nitrogens is 1. The van der Waals surface area contributed by atoms with Crippen molar-refractivity contribution in [3.63, 3.8) is 0 Å². The van der Waals surface area contributed by atoms with E-state index in [1.54, 1.807) is 28.7 Å². The van der Waals surface area contributed by atoms with Crippen LogP contribution in [0.15, 0.2) is 41.4 Å². The molecule has 0 unspecified atom stereocenters. The van der Waals surface area contributed by atoms with Crippen LogP contribution in [-0.2, 0) is 10.0 Å². The van der Waals surface area contributed by atoms with E-state index in [2.05, 4.69) is 4.98 Å². The number of pyridine rings is 1. The molecule has 1 fully saturated rings. The van der Waals surface area contributed by atoms with Gasteiger partial charge in [0.15, 0.2) is 0 Å². The van der Waals surface area contributed by atoms with Crippen LogP contribution in [-0.4, -0.2) is 37.3 Å². The van der Waals surface area contributed by atoms with Gasteiger partial charge in [0.1, 0.15) is 0 Å². The third kappa shape index (κ3) is 3.10. The van der Waals surface area contributed by atoms with Crippen molar-refractivity contribution in [2.75, 3.05) is 19.6 Å². The smallest absolute Gasteiger partial charge is 0.243 e. The first-order valence-electron chi connectivity index (χ1n) is 7.17. The minimum Gasteiger partial charge on any atom is -0.330 e. The van der Waals surface area contributed by atoms with Crippen molar-refractivity contribution in [2.24, 2.45) is 11.7 Å². The zero-order chi connectivity index (χ0) is 14.9. The highest BCUT2D eigenvalue weighted by Gasteiger charge is 2.30. The molecule has 0 radical (unpaired) electrons. The molecular weight excluding hydrogens is 322 g/mol. The maximum atomic E-state index is 12.9. The van der Waals surface area contributed by atoms with E-state index in [9.17, 15) is 8.42 Å². The van der Waals surface area contributed by atoms with Crippen LogP contribution in [0.2, 0.25) is 0 Å². The summed E-state index contributed by atoms with van der Waals surface area (Å²) in [4.78, 5) is 4.57. The van der Waals surface area contributed by atoms with Crippen LogP contribution < -0.4 is 5.73 Å². The summed E-state index contributed by atoms with van der Waals surface area (Å²) in [7, 11) is -3.47. The Kier molecular flexibility index (Phi) is 5.39. The van der Waals surface area contributed by atoms with E-state index in [-0.39, 0.29) is 12.4 Å². The number of piperidine rings is 1. The van der Waals surface area contributed by atoms with Crippen molar-refractivity contribution >= 4 is 33.3 Å². The molecule has 3 rings (SSSR count). The first-order chi connectivity index (χ1) is 10.1. The van der Waals surface area contributed by atoms with Crippen LogP contribution >= 0.6 is 12.4 Å². The van der Waals surface area contributed by atoms with Crippen molar-refractivity contribution < 1.29 is 8.42 Å². The number of nitrogens with two attached hydrogens (primary N) is 1. The van der Waals surface area contributed by atoms with Crippen molar-refractivity contribution in [3.05, 3.63) is 36.5 Å². The fourth-order valence-electron chi connectivity index (χ4n) is 2.82. The van der Waals surface area contributed by atoms with E-state index in [0.717, 1.165) is 12.8 Å². The Morgan fingerprint density at radius 2 is 1.91 bits per heavy atom. The molecule has 5 nitrogen and oxygen atoms in total. The summed E-state index contributed by atoms with van der Waals surface area (Å²) in [5, 5.41) is 0.681. The van der Waals surface area contributed by atoms with Crippen LogP contribution in [0.1, 0.15) is 12.8 Å². The lowest BCUT2D eigenvalue weighted by atomic mass is 9.99. The molecule has 1 saturated heterocycles. The molecule has 22 heavy (non-hydrogen) atoms. The van der Waals surface area contributed by atoms with Gasteiger partial charge in [-0.2, -0.15) is 4.31 Å². The standard InChI is InChI=1S/C15H19N3O2S.ClH/c16-11-12-6-9-18(10-7-12)21(19,20)15-5-1-4-14-13(15)3-2-8-17-14;/h1-5,8,12H,6-7,9-11,16H2;1H. The molecule has 0 saturated carbocycles. The topological polar surface area (TPSA) is 76.3 Å². The Bertz CT molecular complexity index is 738. The highest BCUT2D eigenvalue weighted by atomic mass is 35.5. The van der Waals surface area contributed by atoms with Gasteiger partial charge in [-0.3, -0.25) is 4.98 Å². The van der Waals surface area contributed by atoms with Gasteiger partial charge in [0.2, 0.25) is 10.0 Å². The third-order valence-corrected chi connectivity index (χ3v) is 6.09. The molecule has 1 aromatic heterocycles. The number of sulfonamides is 1. The highest BCUT2D eigenvalue weighted by Crippen LogP contribution is 2.27. The molecule has 2 aromatic rings. The first kappa shape index (κ1) is 17.1. The molecule has 1 aliphatic heterocycles. The SMILES string of the molecule is Cl.NCC1CCN(S(=O)(=O)c2cccc3ncccc23)CC1. The molecule has 0 spiro atoms. The van der Waals surface area contributed by atoms with Gasteiger partial charge in [0.05, 0.1) is 10.4 Å². The zero-order valence-electron chi connectivity index (χ0n) is 12.2. The van der Waals surface area contributed by atoms with Gasteiger partial charge in [-0.15, -0.1) is 12.4 Å². The highest BCUT2D eigenvalue weighted by molar-refractivity contribution is 7.89. The van der Waals surface area contributed by atoms with Crippen molar-refractivity contribution in [3.8, 4) is 0 Å². The minimum atomic E-state index is -3.47. The molecule has 0 aliphatic carbocycles. The molecule has 2 heterocycles. The summed E-state index contributed by atoms with van der Waals surface area (Å²) in [5.74, 6) is 0.436. The Morgan fingerprint density at radius 1 is 1.18 bits per heavy atom. The Hall–Kier alpha value is -1.21. The van der Waals surface area contributed by atoms with Gasteiger partial charge >= 0.3 is 0 Å². The van der Waals surface area contributed by atoms with E-state index in [4.69, 9.17) is 5.73 Å². The Balaban J connectivity index is 0.00000176. The molecule has 0 bridgehead atoms. The molecule has 120 valence electrons. The van der Waals surface area contributed by atoms with Gasteiger partial charge < -0.3 is 5.73 Å². The van der Waals surface area contributed by atoms with E-state index < -0.39 is 10.0 Å². The third-order valence-electron chi connectivity index (χ3n) is 4.13. The van der Waals surface area contributed by atoms with Crippen LogP contribution in [0.3, 0.4) is 0 Å². The van der Waals surface area contributed by atoms with Gasteiger partial charge in [0, 0.05) is 24.7 Å². The largest absolute Gasteiger partial charge is 0.330 e. The predicted molar refractivity (Wildman–Crippen MR) is 89.5 cm³/mol. The summed E-state index contributed by atoms with van der Waals surface area (Å²) in [6, 6.07) is 8.81. The predicted octanol–water partition coefficient (Wildman–Crippen LogP) is 2.02. The minimum absolute atomic E-state index is 0. The summed E-state index contributed by atoms with van der Waals surface area (Å²) in [6.45, 7) is 1.72. The first-order valence-corrected chi connectivity index (χ1v) is 8.61. The fraction of sp³-hybridized carbons (Fsp3) is 0.400. The van der Waals surface area contributed by atoms with Gasteiger partial charge in [0.25, 0.3) is 0 Å². The summed E-state index contributed by atoms with van der Waals surface area (Å²) in [6.07, 6.45) is 3.34. The molecule has 7 heteroatoms. The maximum absolute atomic E-state index is 12.9.